The van der Waals surface area contributed by atoms with Gasteiger partial charge in [0.1, 0.15) is 0 Å². The van der Waals surface area contributed by atoms with Crippen molar-refractivity contribution in [2.45, 2.75) is 0 Å². The lowest BCUT2D eigenvalue weighted by Crippen LogP contribution is -2.08. The Kier molecular flexibility index (Phi) is 3.06. The molecule has 1 heterocycles. The van der Waals surface area contributed by atoms with E-state index in [1.165, 1.54) is 4.70 Å². The van der Waals surface area contributed by atoms with Crippen molar-refractivity contribution in [2.24, 2.45) is 0 Å². The Morgan fingerprint density at radius 1 is 1.11 bits per heavy atom. The Bertz CT molecular complexity index is 679. The monoisotopic (exact) mass is 318 g/mol. The molecule has 0 unspecified atom stereocenters. The van der Waals surface area contributed by atoms with Gasteiger partial charge in [0.2, 0.25) is 0 Å². The van der Waals surface area contributed by atoms with Gasteiger partial charge in [0.15, 0.2) is 5.13 Å². The maximum Gasteiger partial charge on any atom is 0.190 e. The fraction of sp³-hybridized carbons (Fsp3) is 0.0714. The van der Waals surface area contributed by atoms with Crippen molar-refractivity contribution in [1.82, 2.24) is 4.98 Å². The van der Waals surface area contributed by atoms with Crippen LogP contribution in [0.15, 0.2) is 53.0 Å². The topological polar surface area (TPSA) is 16.1 Å². The van der Waals surface area contributed by atoms with Gasteiger partial charge in [-0.3, -0.25) is 0 Å². The molecular formula is C14H11BrN2S. The lowest BCUT2D eigenvalue weighted by atomic mass is 10.3. The second-order valence-corrected chi connectivity index (χ2v) is 5.93. The third kappa shape index (κ3) is 2.13. The SMILES string of the molecule is CN(c1ccccc1)c1nc2ccc(Br)cc2s1. The summed E-state index contributed by atoms with van der Waals surface area (Å²) < 4.78 is 2.29. The van der Waals surface area contributed by atoms with Gasteiger partial charge in [-0.1, -0.05) is 45.5 Å². The van der Waals surface area contributed by atoms with E-state index < -0.39 is 0 Å². The zero-order chi connectivity index (χ0) is 12.5. The zero-order valence-corrected chi connectivity index (χ0v) is 12.2. The zero-order valence-electron chi connectivity index (χ0n) is 9.80. The fourth-order valence-electron chi connectivity index (χ4n) is 1.79. The molecule has 0 spiro atoms. The molecule has 0 fully saturated rings. The second kappa shape index (κ2) is 4.71. The Morgan fingerprint density at radius 2 is 1.89 bits per heavy atom. The normalized spacial score (nSPS) is 10.8. The van der Waals surface area contributed by atoms with E-state index in [0.29, 0.717) is 0 Å². The number of para-hydroxylation sites is 1. The number of rotatable bonds is 2. The van der Waals surface area contributed by atoms with Crippen LogP contribution in [0.5, 0.6) is 0 Å². The van der Waals surface area contributed by atoms with Gasteiger partial charge >= 0.3 is 0 Å². The first kappa shape index (κ1) is 11.7. The van der Waals surface area contributed by atoms with Gasteiger partial charge in [0.25, 0.3) is 0 Å². The average molecular weight is 319 g/mol. The van der Waals surface area contributed by atoms with Gasteiger partial charge in [-0.05, 0) is 30.3 Å². The van der Waals surface area contributed by atoms with Crippen molar-refractivity contribution in [3.8, 4) is 0 Å². The molecule has 3 rings (SSSR count). The molecular weight excluding hydrogens is 308 g/mol. The van der Waals surface area contributed by atoms with E-state index in [9.17, 15) is 0 Å². The summed E-state index contributed by atoms with van der Waals surface area (Å²) in [4.78, 5) is 6.76. The van der Waals surface area contributed by atoms with Crippen LogP contribution in [-0.2, 0) is 0 Å². The van der Waals surface area contributed by atoms with Crippen molar-refractivity contribution in [3.63, 3.8) is 0 Å². The third-order valence-corrected chi connectivity index (χ3v) is 4.36. The first-order valence-electron chi connectivity index (χ1n) is 5.59. The molecule has 0 radical (unpaired) electrons. The Labute approximate surface area is 118 Å². The van der Waals surface area contributed by atoms with E-state index in [-0.39, 0.29) is 0 Å². The van der Waals surface area contributed by atoms with Gasteiger partial charge in [-0.25, -0.2) is 4.98 Å². The highest BCUT2D eigenvalue weighted by Crippen LogP contribution is 2.33. The number of hydrogen-bond acceptors (Lipinski definition) is 3. The summed E-state index contributed by atoms with van der Waals surface area (Å²) in [5, 5.41) is 1.01. The van der Waals surface area contributed by atoms with Crippen LogP contribution in [0.25, 0.3) is 10.2 Å². The van der Waals surface area contributed by atoms with Crippen LogP contribution in [-0.4, -0.2) is 12.0 Å². The Balaban J connectivity index is 2.04. The van der Waals surface area contributed by atoms with Gasteiger partial charge in [0.05, 0.1) is 10.2 Å². The van der Waals surface area contributed by atoms with Crippen LogP contribution in [0.1, 0.15) is 0 Å². The molecule has 0 aliphatic heterocycles. The van der Waals surface area contributed by atoms with E-state index >= 15 is 0 Å². The van der Waals surface area contributed by atoms with Gasteiger partial charge < -0.3 is 4.90 Å². The highest BCUT2D eigenvalue weighted by Gasteiger charge is 2.09. The predicted molar refractivity (Wildman–Crippen MR) is 81.8 cm³/mol. The van der Waals surface area contributed by atoms with E-state index in [2.05, 4.69) is 44.0 Å². The maximum absolute atomic E-state index is 4.65. The second-order valence-electron chi connectivity index (χ2n) is 4.00. The highest BCUT2D eigenvalue weighted by atomic mass is 79.9. The number of benzene rings is 2. The molecule has 0 aliphatic carbocycles. The van der Waals surface area contributed by atoms with Gasteiger partial charge in [0, 0.05) is 17.2 Å². The molecule has 0 N–H and O–H groups in total. The minimum Gasteiger partial charge on any atom is -0.321 e. The van der Waals surface area contributed by atoms with Crippen LogP contribution in [0, 0.1) is 0 Å². The summed E-state index contributed by atoms with van der Waals surface area (Å²) in [7, 11) is 2.04. The molecule has 18 heavy (non-hydrogen) atoms. The average Bonchev–Trinajstić information content (AvgIpc) is 2.81. The number of thiazole rings is 1. The summed E-state index contributed by atoms with van der Waals surface area (Å²) in [5.74, 6) is 0. The Morgan fingerprint density at radius 3 is 2.67 bits per heavy atom. The molecule has 4 heteroatoms. The van der Waals surface area contributed by atoms with Crippen LogP contribution in [0.4, 0.5) is 10.8 Å². The predicted octanol–water partition coefficient (Wildman–Crippen LogP) is 4.83. The fourth-order valence-corrected chi connectivity index (χ4v) is 3.29. The molecule has 1 aromatic heterocycles. The molecule has 0 amide bonds. The van der Waals surface area contributed by atoms with E-state index in [4.69, 9.17) is 0 Å². The van der Waals surface area contributed by atoms with Crippen molar-refractivity contribution < 1.29 is 0 Å². The van der Waals surface area contributed by atoms with Crippen molar-refractivity contribution >= 4 is 48.3 Å². The summed E-state index contributed by atoms with van der Waals surface area (Å²) in [6.45, 7) is 0. The number of aromatic nitrogens is 1. The van der Waals surface area contributed by atoms with Crippen molar-refractivity contribution in [3.05, 3.63) is 53.0 Å². The minimum atomic E-state index is 1.01. The number of fused-ring (bicyclic) bond motifs is 1. The van der Waals surface area contributed by atoms with E-state index in [1.54, 1.807) is 11.3 Å². The van der Waals surface area contributed by atoms with Crippen LogP contribution >= 0.6 is 27.3 Å². The van der Waals surface area contributed by atoms with Crippen molar-refractivity contribution in [2.75, 3.05) is 11.9 Å². The molecule has 0 saturated heterocycles. The summed E-state index contributed by atoms with van der Waals surface area (Å²) in [6.07, 6.45) is 0. The summed E-state index contributed by atoms with van der Waals surface area (Å²) in [5.41, 5.74) is 2.19. The van der Waals surface area contributed by atoms with Crippen LogP contribution in [0.2, 0.25) is 0 Å². The number of anilines is 2. The number of hydrogen-bond donors (Lipinski definition) is 0. The molecule has 2 aromatic carbocycles. The van der Waals surface area contributed by atoms with Gasteiger partial charge in [-0.15, -0.1) is 0 Å². The van der Waals surface area contributed by atoms with Crippen LogP contribution < -0.4 is 4.90 Å². The first-order chi connectivity index (χ1) is 8.74. The minimum absolute atomic E-state index is 1.01. The highest BCUT2D eigenvalue weighted by molar-refractivity contribution is 9.10. The largest absolute Gasteiger partial charge is 0.321 e. The Hall–Kier alpha value is -1.39. The summed E-state index contributed by atoms with van der Waals surface area (Å²) >= 11 is 5.19. The molecule has 0 saturated carbocycles. The maximum atomic E-state index is 4.65. The number of halogens is 1. The molecule has 2 nitrogen and oxygen atoms in total. The first-order valence-corrected chi connectivity index (χ1v) is 7.20. The van der Waals surface area contributed by atoms with Gasteiger partial charge in [-0.2, -0.15) is 0 Å². The summed E-state index contributed by atoms with van der Waals surface area (Å²) in [6, 6.07) is 16.4. The third-order valence-electron chi connectivity index (χ3n) is 2.77. The molecule has 0 aliphatic rings. The van der Waals surface area contributed by atoms with E-state index in [0.717, 1.165) is 20.8 Å². The lowest BCUT2D eigenvalue weighted by Gasteiger charge is -2.15. The van der Waals surface area contributed by atoms with Crippen molar-refractivity contribution in [1.29, 1.82) is 0 Å². The molecule has 90 valence electrons. The molecule has 3 aromatic rings. The van der Waals surface area contributed by atoms with Crippen LogP contribution in [0.3, 0.4) is 0 Å². The standard InChI is InChI=1S/C14H11BrN2S/c1-17(11-5-3-2-4-6-11)14-16-12-8-7-10(15)9-13(12)18-14/h2-9H,1H3. The molecule has 0 bridgehead atoms. The number of nitrogens with zero attached hydrogens (tertiary/aromatic N) is 2. The lowest BCUT2D eigenvalue weighted by molar-refractivity contribution is 1.18. The molecule has 0 atom stereocenters. The quantitative estimate of drug-likeness (QED) is 0.673. The smallest absolute Gasteiger partial charge is 0.190 e. The van der Waals surface area contributed by atoms with E-state index in [1.807, 2.05) is 37.4 Å².